The average molecular weight is 412 g/mol. The Kier molecular flexibility index (Phi) is 5.00. The molecular weight excluding hydrogens is 388 g/mol. The Balaban J connectivity index is 1.21. The Bertz CT molecular complexity index is 1190. The number of fused-ring (bicyclic) bond motifs is 1. The molecule has 1 saturated heterocycles. The van der Waals surface area contributed by atoms with Crippen LogP contribution in [0.2, 0.25) is 0 Å². The number of aryl methyl sites for hydroxylation is 1. The molecule has 0 radical (unpaired) electrons. The molecule has 1 amide bonds. The first-order valence-electron chi connectivity index (χ1n) is 10.4. The summed E-state index contributed by atoms with van der Waals surface area (Å²) in [6.45, 7) is 5.74. The standard InChI is InChI=1S/C24H24N6O/c1-18-9-10-30-17-21(27-23(30)15-18)24(31)26-19-7-8-22(25-16-19)29-13-11-28(12-14-29)20-5-3-2-4-6-20/h2-10,15-17H,11-14H2,1H3,(H,26,31). The van der Waals surface area contributed by atoms with Gasteiger partial charge in [0, 0.05) is 44.3 Å². The van der Waals surface area contributed by atoms with Crippen molar-refractivity contribution in [1.29, 1.82) is 0 Å². The number of para-hydroxylation sites is 1. The van der Waals surface area contributed by atoms with Crippen LogP contribution in [0.4, 0.5) is 17.2 Å². The normalized spacial score (nSPS) is 14.1. The Morgan fingerprint density at radius 1 is 0.968 bits per heavy atom. The zero-order valence-corrected chi connectivity index (χ0v) is 17.4. The van der Waals surface area contributed by atoms with Gasteiger partial charge in [0.1, 0.15) is 17.2 Å². The van der Waals surface area contributed by atoms with Gasteiger partial charge in [0.15, 0.2) is 0 Å². The van der Waals surface area contributed by atoms with Gasteiger partial charge in [-0.25, -0.2) is 9.97 Å². The lowest BCUT2D eigenvalue weighted by Crippen LogP contribution is -2.46. The van der Waals surface area contributed by atoms with Gasteiger partial charge < -0.3 is 19.5 Å². The fourth-order valence-corrected chi connectivity index (χ4v) is 3.87. The maximum Gasteiger partial charge on any atom is 0.275 e. The molecule has 156 valence electrons. The maximum atomic E-state index is 12.6. The fraction of sp³-hybridized carbons (Fsp3) is 0.208. The molecule has 1 N–H and O–H groups in total. The predicted octanol–water partition coefficient (Wildman–Crippen LogP) is 3.62. The summed E-state index contributed by atoms with van der Waals surface area (Å²) in [5, 5.41) is 2.89. The first kappa shape index (κ1) is 19.1. The van der Waals surface area contributed by atoms with E-state index in [2.05, 4.69) is 49.4 Å². The number of hydrogen-bond acceptors (Lipinski definition) is 5. The van der Waals surface area contributed by atoms with Gasteiger partial charge in [-0.3, -0.25) is 4.79 Å². The highest BCUT2D eigenvalue weighted by Gasteiger charge is 2.18. The third-order valence-electron chi connectivity index (χ3n) is 5.58. The zero-order valence-electron chi connectivity index (χ0n) is 17.4. The largest absolute Gasteiger partial charge is 0.368 e. The van der Waals surface area contributed by atoms with Crippen LogP contribution >= 0.6 is 0 Å². The van der Waals surface area contributed by atoms with Crippen LogP contribution in [0.15, 0.2) is 73.2 Å². The number of carbonyl (C=O) groups is 1. The third kappa shape index (κ3) is 4.07. The van der Waals surface area contributed by atoms with Crippen molar-refractivity contribution < 1.29 is 4.79 Å². The lowest BCUT2D eigenvalue weighted by molar-refractivity contribution is 0.102. The molecule has 5 rings (SSSR count). The van der Waals surface area contributed by atoms with E-state index in [1.165, 1.54) is 5.69 Å². The number of anilines is 3. The summed E-state index contributed by atoms with van der Waals surface area (Å²) in [5.74, 6) is 0.682. The Labute approximate surface area is 181 Å². The average Bonchev–Trinajstić information content (AvgIpc) is 3.24. The topological polar surface area (TPSA) is 65.8 Å². The second-order valence-electron chi connectivity index (χ2n) is 7.76. The van der Waals surface area contributed by atoms with Crippen molar-refractivity contribution in [2.24, 2.45) is 0 Å². The van der Waals surface area contributed by atoms with E-state index in [4.69, 9.17) is 0 Å². The van der Waals surface area contributed by atoms with Crippen molar-refractivity contribution in [3.8, 4) is 0 Å². The molecule has 31 heavy (non-hydrogen) atoms. The van der Waals surface area contributed by atoms with Crippen molar-refractivity contribution >= 4 is 28.7 Å². The summed E-state index contributed by atoms with van der Waals surface area (Å²) in [6, 6.07) is 18.3. The van der Waals surface area contributed by atoms with Gasteiger partial charge >= 0.3 is 0 Å². The molecule has 7 heteroatoms. The van der Waals surface area contributed by atoms with Crippen LogP contribution in [0.5, 0.6) is 0 Å². The van der Waals surface area contributed by atoms with Crippen LogP contribution in [0.25, 0.3) is 5.65 Å². The van der Waals surface area contributed by atoms with E-state index >= 15 is 0 Å². The SMILES string of the molecule is Cc1ccn2cc(C(=O)Nc3ccc(N4CCN(c5ccccc5)CC4)nc3)nc2c1. The number of piperazine rings is 1. The number of amides is 1. The fourth-order valence-electron chi connectivity index (χ4n) is 3.87. The molecule has 1 aliphatic heterocycles. The minimum absolute atomic E-state index is 0.243. The summed E-state index contributed by atoms with van der Waals surface area (Å²) in [5.41, 5.74) is 4.16. The van der Waals surface area contributed by atoms with E-state index in [1.807, 2.05) is 47.9 Å². The number of hydrogen-bond donors (Lipinski definition) is 1. The van der Waals surface area contributed by atoms with Gasteiger partial charge in [-0.2, -0.15) is 0 Å². The Hall–Kier alpha value is -3.87. The number of nitrogens with zero attached hydrogens (tertiary/aromatic N) is 5. The minimum Gasteiger partial charge on any atom is -0.368 e. The predicted molar refractivity (Wildman–Crippen MR) is 123 cm³/mol. The van der Waals surface area contributed by atoms with Crippen molar-refractivity contribution in [3.05, 3.63) is 84.4 Å². The van der Waals surface area contributed by atoms with E-state index < -0.39 is 0 Å². The number of pyridine rings is 2. The second kappa shape index (κ2) is 8.10. The zero-order chi connectivity index (χ0) is 21.2. The van der Waals surface area contributed by atoms with Crippen LogP contribution < -0.4 is 15.1 Å². The third-order valence-corrected chi connectivity index (χ3v) is 5.58. The van der Waals surface area contributed by atoms with Gasteiger partial charge in [0.25, 0.3) is 5.91 Å². The van der Waals surface area contributed by atoms with Crippen LogP contribution in [-0.2, 0) is 0 Å². The van der Waals surface area contributed by atoms with E-state index in [9.17, 15) is 4.79 Å². The van der Waals surface area contributed by atoms with Crippen molar-refractivity contribution in [2.75, 3.05) is 41.3 Å². The van der Waals surface area contributed by atoms with Gasteiger partial charge in [-0.15, -0.1) is 0 Å². The minimum atomic E-state index is -0.243. The molecule has 0 spiro atoms. The van der Waals surface area contributed by atoms with Gasteiger partial charge in [0.2, 0.25) is 0 Å². The summed E-state index contributed by atoms with van der Waals surface area (Å²) in [7, 11) is 0. The lowest BCUT2D eigenvalue weighted by Gasteiger charge is -2.36. The van der Waals surface area contributed by atoms with Crippen molar-refractivity contribution in [3.63, 3.8) is 0 Å². The molecule has 0 unspecified atom stereocenters. The number of nitrogens with one attached hydrogen (secondary N) is 1. The summed E-state index contributed by atoms with van der Waals surface area (Å²) >= 11 is 0. The van der Waals surface area contributed by atoms with Crippen LogP contribution in [0, 0.1) is 6.92 Å². The summed E-state index contributed by atoms with van der Waals surface area (Å²) in [6.07, 6.45) is 5.34. The van der Waals surface area contributed by atoms with E-state index in [0.717, 1.165) is 43.2 Å². The van der Waals surface area contributed by atoms with Gasteiger partial charge in [0.05, 0.1) is 11.9 Å². The molecule has 4 heterocycles. The van der Waals surface area contributed by atoms with Gasteiger partial charge in [-0.05, 0) is 48.9 Å². The number of aromatic nitrogens is 3. The number of benzene rings is 1. The lowest BCUT2D eigenvalue weighted by atomic mass is 10.2. The quantitative estimate of drug-likeness (QED) is 0.555. The highest BCUT2D eigenvalue weighted by Crippen LogP contribution is 2.20. The van der Waals surface area contributed by atoms with E-state index in [1.54, 1.807) is 12.4 Å². The molecule has 1 fully saturated rings. The first-order chi connectivity index (χ1) is 15.2. The van der Waals surface area contributed by atoms with Crippen molar-refractivity contribution in [1.82, 2.24) is 14.4 Å². The monoisotopic (exact) mass is 412 g/mol. The molecule has 1 aromatic carbocycles. The van der Waals surface area contributed by atoms with Crippen LogP contribution in [0.3, 0.4) is 0 Å². The molecule has 0 saturated carbocycles. The molecule has 7 nitrogen and oxygen atoms in total. The summed E-state index contributed by atoms with van der Waals surface area (Å²) < 4.78 is 1.85. The number of carbonyl (C=O) groups excluding carboxylic acids is 1. The molecule has 0 bridgehead atoms. The molecule has 4 aromatic rings. The molecule has 3 aromatic heterocycles. The second-order valence-corrected chi connectivity index (χ2v) is 7.76. The molecular formula is C24H24N6O. The number of imidazole rings is 1. The van der Waals surface area contributed by atoms with E-state index in [0.29, 0.717) is 11.4 Å². The van der Waals surface area contributed by atoms with Crippen LogP contribution in [-0.4, -0.2) is 46.5 Å². The molecule has 0 atom stereocenters. The maximum absolute atomic E-state index is 12.6. The molecule has 0 aliphatic carbocycles. The first-order valence-corrected chi connectivity index (χ1v) is 10.4. The van der Waals surface area contributed by atoms with Crippen molar-refractivity contribution in [2.45, 2.75) is 6.92 Å². The van der Waals surface area contributed by atoms with Gasteiger partial charge in [-0.1, -0.05) is 18.2 Å². The summed E-state index contributed by atoms with van der Waals surface area (Å²) in [4.78, 5) is 26.2. The number of rotatable bonds is 4. The van der Waals surface area contributed by atoms with E-state index in [-0.39, 0.29) is 5.91 Å². The Morgan fingerprint density at radius 2 is 1.74 bits per heavy atom. The smallest absolute Gasteiger partial charge is 0.275 e. The van der Waals surface area contributed by atoms with Crippen LogP contribution in [0.1, 0.15) is 16.1 Å². The highest BCUT2D eigenvalue weighted by atomic mass is 16.1. The highest BCUT2D eigenvalue weighted by molar-refractivity contribution is 6.03. The molecule has 1 aliphatic rings. The Morgan fingerprint density at radius 3 is 2.48 bits per heavy atom.